The lowest BCUT2D eigenvalue weighted by Crippen LogP contribution is -2.21. The molecule has 0 aliphatic heterocycles. The summed E-state index contributed by atoms with van der Waals surface area (Å²) >= 11 is 0. The van der Waals surface area contributed by atoms with Crippen LogP contribution >= 0.6 is 0 Å². The Morgan fingerprint density at radius 3 is 2.38 bits per heavy atom. The molecule has 0 aromatic rings. The van der Waals surface area contributed by atoms with E-state index in [4.69, 9.17) is 5.11 Å². The molecule has 1 fully saturated rings. The van der Waals surface area contributed by atoms with Crippen molar-refractivity contribution < 1.29 is 24.6 Å². The fraction of sp³-hybridized carbons (Fsp3) is 0.812. The SMILES string of the molecule is CC(=O)CCC1C(O)CC(=O)C1CCCCCCC(=O)O. The van der Waals surface area contributed by atoms with Crippen molar-refractivity contribution in [3.8, 4) is 0 Å². The maximum Gasteiger partial charge on any atom is 0.303 e. The minimum absolute atomic E-state index is 0.0829. The average molecular weight is 298 g/mol. The number of carbonyl (C=O) groups is 3. The van der Waals surface area contributed by atoms with Crippen molar-refractivity contribution >= 4 is 17.5 Å². The number of rotatable bonds is 10. The lowest BCUT2D eigenvalue weighted by Gasteiger charge is -2.20. The molecule has 120 valence electrons. The monoisotopic (exact) mass is 298 g/mol. The summed E-state index contributed by atoms with van der Waals surface area (Å²) in [5.41, 5.74) is 0. The lowest BCUT2D eigenvalue weighted by atomic mass is 9.85. The quantitative estimate of drug-likeness (QED) is 0.604. The molecule has 1 rings (SSSR count). The number of unbranched alkanes of at least 4 members (excludes halogenated alkanes) is 3. The van der Waals surface area contributed by atoms with Crippen molar-refractivity contribution in [1.29, 1.82) is 0 Å². The molecule has 3 atom stereocenters. The van der Waals surface area contributed by atoms with Gasteiger partial charge in [0.15, 0.2) is 0 Å². The summed E-state index contributed by atoms with van der Waals surface area (Å²) in [6.07, 6.45) is 4.87. The third kappa shape index (κ3) is 6.38. The smallest absolute Gasteiger partial charge is 0.303 e. The first-order valence-corrected chi connectivity index (χ1v) is 7.83. The minimum Gasteiger partial charge on any atom is -0.481 e. The van der Waals surface area contributed by atoms with Gasteiger partial charge in [-0.1, -0.05) is 19.3 Å². The van der Waals surface area contributed by atoms with Crippen LogP contribution in [0.25, 0.3) is 0 Å². The first kappa shape index (κ1) is 17.8. The first-order valence-electron chi connectivity index (χ1n) is 7.83. The summed E-state index contributed by atoms with van der Waals surface area (Å²) in [6, 6.07) is 0. The molecule has 0 saturated heterocycles. The zero-order valence-electron chi connectivity index (χ0n) is 12.7. The molecule has 5 nitrogen and oxygen atoms in total. The normalized spacial score (nSPS) is 25.2. The van der Waals surface area contributed by atoms with E-state index in [0.29, 0.717) is 19.3 Å². The fourth-order valence-corrected chi connectivity index (χ4v) is 3.15. The third-order valence-corrected chi connectivity index (χ3v) is 4.32. The zero-order chi connectivity index (χ0) is 15.8. The van der Waals surface area contributed by atoms with E-state index in [0.717, 1.165) is 25.7 Å². The molecule has 0 aromatic carbocycles. The van der Waals surface area contributed by atoms with Crippen molar-refractivity contribution in [2.24, 2.45) is 11.8 Å². The van der Waals surface area contributed by atoms with Crippen LogP contribution in [0.1, 0.15) is 64.7 Å². The molecule has 5 heteroatoms. The predicted octanol–water partition coefficient (Wildman–Crippen LogP) is 2.35. The van der Waals surface area contributed by atoms with Crippen LogP contribution in [0.5, 0.6) is 0 Å². The molecule has 2 N–H and O–H groups in total. The highest BCUT2D eigenvalue weighted by molar-refractivity contribution is 5.84. The number of aliphatic hydroxyl groups excluding tert-OH is 1. The van der Waals surface area contributed by atoms with Crippen molar-refractivity contribution in [2.75, 3.05) is 0 Å². The molecule has 1 aliphatic rings. The number of carbonyl (C=O) groups excluding carboxylic acids is 2. The topological polar surface area (TPSA) is 91.7 Å². The summed E-state index contributed by atoms with van der Waals surface area (Å²) in [6.45, 7) is 1.53. The maximum atomic E-state index is 11.9. The molecule has 3 unspecified atom stereocenters. The summed E-state index contributed by atoms with van der Waals surface area (Å²) in [7, 11) is 0. The number of hydrogen-bond acceptors (Lipinski definition) is 4. The molecule has 21 heavy (non-hydrogen) atoms. The van der Waals surface area contributed by atoms with E-state index >= 15 is 0 Å². The Labute approximate surface area is 125 Å². The summed E-state index contributed by atoms with van der Waals surface area (Å²) < 4.78 is 0. The Hall–Kier alpha value is -1.23. The van der Waals surface area contributed by atoms with Crippen molar-refractivity contribution in [2.45, 2.75) is 70.8 Å². The van der Waals surface area contributed by atoms with Crippen LogP contribution in [0.3, 0.4) is 0 Å². The first-order chi connectivity index (χ1) is 9.91. The number of aliphatic carboxylic acids is 1. The highest BCUT2D eigenvalue weighted by Gasteiger charge is 2.40. The van der Waals surface area contributed by atoms with Crippen LogP contribution < -0.4 is 0 Å². The van der Waals surface area contributed by atoms with Gasteiger partial charge >= 0.3 is 5.97 Å². The molecule has 0 radical (unpaired) electrons. The van der Waals surface area contributed by atoms with E-state index in [2.05, 4.69) is 0 Å². The molecule has 0 amide bonds. The molecule has 0 aromatic heterocycles. The number of carboxylic acid groups (broad SMARTS) is 1. The second kappa shape index (κ2) is 8.93. The Bertz CT molecular complexity index is 377. The van der Waals surface area contributed by atoms with Crippen molar-refractivity contribution in [1.82, 2.24) is 0 Å². The number of aliphatic hydroxyl groups is 1. The van der Waals surface area contributed by atoms with Gasteiger partial charge in [-0.2, -0.15) is 0 Å². The predicted molar refractivity (Wildman–Crippen MR) is 77.9 cm³/mol. The van der Waals surface area contributed by atoms with Crippen LogP contribution in [-0.4, -0.2) is 33.9 Å². The summed E-state index contributed by atoms with van der Waals surface area (Å²) in [5, 5.41) is 18.5. The second-order valence-electron chi connectivity index (χ2n) is 6.10. The Kier molecular flexibility index (Phi) is 7.57. The molecular weight excluding hydrogens is 272 g/mol. The van der Waals surface area contributed by atoms with Gasteiger partial charge < -0.3 is 15.0 Å². The zero-order valence-corrected chi connectivity index (χ0v) is 12.7. The van der Waals surface area contributed by atoms with Gasteiger partial charge in [-0.3, -0.25) is 9.59 Å². The Morgan fingerprint density at radius 1 is 1.10 bits per heavy atom. The van der Waals surface area contributed by atoms with Gasteiger partial charge in [-0.25, -0.2) is 0 Å². The Morgan fingerprint density at radius 2 is 1.76 bits per heavy atom. The van der Waals surface area contributed by atoms with Gasteiger partial charge in [-0.05, 0) is 32.1 Å². The van der Waals surface area contributed by atoms with Gasteiger partial charge in [0.05, 0.1) is 6.10 Å². The standard InChI is InChI=1S/C16H26O5/c1-11(17)8-9-13-12(14(18)10-15(13)19)6-4-2-3-5-7-16(20)21/h12-13,15,19H,2-10H2,1H3,(H,20,21). The van der Waals surface area contributed by atoms with E-state index in [1.54, 1.807) is 0 Å². The molecule has 0 spiro atoms. The number of Topliss-reactive ketones (excluding diaryl/α,β-unsaturated/α-hetero) is 2. The minimum atomic E-state index is -0.770. The third-order valence-electron chi connectivity index (χ3n) is 4.32. The highest BCUT2D eigenvalue weighted by Crippen LogP contribution is 2.36. The molecule has 1 aliphatic carbocycles. The van der Waals surface area contributed by atoms with Crippen LogP contribution in [0, 0.1) is 11.8 Å². The van der Waals surface area contributed by atoms with Gasteiger partial charge in [-0.15, -0.1) is 0 Å². The van der Waals surface area contributed by atoms with Gasteiger partial charge in [0.25, 0.3) is 0 Å². The van der Waals surface area contributed by atoms with E-state index in [9.17, 15) is 19.5 Å². The van der Waals surface area contributed by atoms with E-state index in [1.807, 2.05) is 0 Å². The van der Waals surface area contributed by atoms with E-state index in [1.165, 1.54) is 6.92 Å². The number of ketones is 2. The molecule has 0 bridgehead atoms. The largest absolute Gasteiger partial charge is 0.481 e. The highest BCUT2D eigenvalue weighted by atomic mass is 16.4. The van der Waals surface area contributed by atoms with Crippen LogP contribution in [-0.2, 0) is 14.4 Å². The molecular formula is C16H26O5. The average Bonchev–Trinajstić information content (AvgIpc) is 2.65. The van der Waals surface area contributed by atoms with E-state index < -0.39 is 12.1 Å². The van der Waals surface area contributed by atoms with Gasteiger partial charge in [0, 0.05) is 25.2 Å². The second-order valence-corrected chi connectivity index (χ2v) is 6.10. The molecule has 1 saturated carbocycles. The Balaban J connectivity index is 2.31. The van der Waals surface area contributed by atoms with Crippen molar-refractivity contribution in [3.05, 3.63) is 0 Å². The number of hydrogen-bond donors (Lipinski definition) is 2. The van der Waals surface area contributed by atoms with Crippen molar-refractivity contribution in [3.63, 3.8) is 0 Å². The van der Waals surface area contributed by atoms with Gasteiger partial charge in [0.2, 0.25) is 0 Å². The summed E-state index contributed by atoms with van der Waals surface area (Å²) in [4.78, 5) is 33.4. The summed E-state index contributed by atoms with van der Waals surface area (Å²) in [5.74, 6) is -0.775. The molecule has 0 heterocycles. The van der Waals surface area contributed by atoms with E-state index in [-0.39, 0.29) is 36.2 Å². The van der Waals surface area contributed by atoms with Crippen LogP contribution in [0.2, 0.25) is 0 Å². The van der Waals surface area contributed by atoms with Crippen LogP contribution in [0.15, 0.2) is 0 Å². The number of carboxylic acids is 1. The van der Waals surface area contributed by atoms with Crippen LogP contribution in [0.4, 0.5) is 0 Å². The maximum absolute atomic E-state index is 11.9. The fourth-order valence-electron chi connectivity index (χ4n) is 3.15. The lowest BCUT2D eigenvalue weighted by molar-refractivity contribution is -0.137. The van der Waals surface area contributed by atoms with Gasteiger partial charge in [0.1, 0.15) is 11.6 Å².